The third kappa shape index (κ3) is 3.01. The van der Waals surface area contributed by atoms with Crippen LogP contribution in [0.4, 0.5) is 13.2 Å². The monoisotopic (exact) mass is 399 g/mol. The highest BCUT2D eigenvalue weighted by atomic mass is 32.1. The fourth-order valence-electron chi connectivity index (χ4n) is 3.22. The molecule has 0 atom stereocenters. The zero-order valence-electron chi connectivity index (χ0n) is 15.4. The lowest BCUT2D eigenvalue weighted by Crippen LogP contribution is -1.95. The van der Waals surface area contributed by atoms with Crippen molar-refractivity contribution < 1.29 is 13.2 Å². The van der Waals surface area contributed by atoms with Crippen LogP contribution in [0.2, 0.25) is 0 Å². The first-order valence-electron chi connectivity index (χ1n) is 8.57. The van der Waals surface area contributed by atoms with Crippen LogP contribution < -0.4 is 0 Å². The Morgan fingerprint density at radius 2 is 1.75 bits per heavy atom. The Kier molecular flexibility index (Phi) is 4.55. The fraction of sp³-hybridized carbons (Fsp3) is 0.143. The van der Waals surface area contributed by atoms with E-state index in [-0.39, 0.29) is 5.82 Å². The highest BCUT2D eigenvalue weighted by Gasteiger charge is 2.21. The lowest BCUT2D eigenvalue weighted by molar-refractivity contribution is 0.586. The minimum Gasteiger partial charge on any atom is -0.248 e. The quantitative estimate of drug-likeness (QED) is 0.429. The molecule has 7 heteroatoms. The van der Waals surface area contributed by atoms with Crippen molar-refractivity contribution in [1.29, 1.82) is 0 Å². The molecule has 3 nitrogen and oxygen atoms in total. The number of rotatable bonds is 3. The molecule has 0 bridgehead atoms. The van der Waals surface area contributed by atoms with Crippen molar-refractivity contribution in [3.05, 3.63) is 70.4 Å². The first-order chi connectivity index (χ1) is 13.4. The maximum absolute atomic E-state index is 14.3. The van der Waals surface area contributed by atoms with Gasteiger partial charge in [-0.15, -0.1) is 11.3 Å². The van der Waals surface area contributed by atoms with Gasteiger partial charge in [0.05, 0.1) is 5.56 Å². The number of benzene rings is 2. The van der Waals surface area contributed by atoms with E-state index >= 15 is 0 Å². The van der Waals surface area contributed by atoms with Crippen LogP contribution in [0.5, 0.6) is 0 Å². The Morgan fingerprint density at radius 1 is 0.964 bits per heavy atom. The fourth-order valence-corrected chi connectivity index (χ4v) is 4.31. The van der Waals surface area contributed by atoms with E-state index in [0.717, 1.165) is 22.8 Å². The molecule has 0 saturated heterocycles. The summed E-state index contributed by atoms with van der Waals surface area (Å²) in [6.45, 7) is 3.66. The Balaban J connectivity index is 1.81. The molecule has 0 spiro atoms. The number of nitrogens with zero attached hydrogens (tertiary/aromatic N) is 3. The van der Waals surface area contributed by atoms with E-state index in [1.54, 1.807) is 30.8 Å². The maximum Gasteiger partial charge on any atom is 0.184 e. The molecule has 4 rings (SSSR count). The smallest absolute Gasteiger partial charge is 0.184 e. The highest BCUT2D eigenvalue weighted by Crippen LogP contribution is 2.38. The van der Waals surface area contributed by atoms with Gasteiger partial charge in [-0.05, 0) is 43.2 Å². The average molecular weight is 399 g/mol. The van der Waals surface area contributed by atoms with Crippen LogP contribution in [-0.4, -0.2) is 14.8 Å². The molecular weight excluding hydrogens is 383 g/mol. The summed E-state index contributed by atoms with van der Waals surface area (Å²) in [5, 5.41) is 6.23. The lowest BCUT2D eigenvalue weighted by atomic mass is 10.1. The Morgan fingerprint density at radius 3 is 2.46 bits per heavy atom. The number of aromatic nitrogens is 3. The van der Waals surface area contributed by atoms with E-state index in [4.69, 9.17) is 0 Å². The molecule has 0 N–H and O–H groups in total. The zero-order chi connectivity index (χ0) is 20.0. The van der Waals surface area contributed by atoms with Gasteiger partial charge in [0.15, 0.2) is 11.6 Å². The Bertz CT molecular complexity index is 1170. The van der Waals surface area contributed by atoms with Gasteiger partial charge in [0.1, 0.15) is 17.5 Å². The van der Waals surface area contributed by atoms with Crippen LogP contribution in [0.1, 0.15) is 11.1 Å². The van der Waals surface area contributed by atoms with Gasteiger partial charge in [0, 0.05) is 34.5 Å². The molecule has 2 heterocycles. The van der Waals surface area contributed by atoms with E-state index in [1.807, 2.05) is 12.3 Å². The van der Waals surface area contributed by atoms with E-state index in [0.29, 0.717) is 27.7 Å². The molecule has 0 amide bonds. The molecule has 4 aromatic rings. The van der Waals surface area contributed by atoms with Gasteiger partial charge in [-0.2, -0.15) is 5.10 Å². The van der Waals surface area contributed by atoms with Crippen LogP contribution >= 0.6 is 11.3 Å². The standard InChI is InChI=1S/C21H16F3N3S/c1-11-5-4-6-16(23)18(11)20-25-21(27(3)26-20)15-10-28-19(12(15)2)14-8-7-13(22)9-17(14)24/h4-10H,1-3H3. The van der Waals surface area contributed by atoms with Gasteiger partial charge in [0.25, 0.3) is 0 Å². The third-order valence-electron chi connectivity index (χ3n) is 4.66. The SMILES string of the molecule is Cc1cccc(F)c1-c1nc(-c2csc(-c3ccc(F)cc3F)c2C)n(C)n1. The molecule has 0 saturated carbocycles. The molecule has 0 aliphatic carbocycles. The summed E-state index contributed by atoms with van der Waals surface area (Å²) in [5.74, 6) is -0.757. The minimum atomic E-state index is -0.617. The van der Waals surface area contributed by atoms with Gasteiger partial charge >= 0.3 is 0 Å². The molecule has 2 aromatic carbocycles. The second-order valence-corrected chi connectivity index (χ2v) is 7.42. The maximum atomic E-state index is 14.3. The molecule has 0 aliphatic heterocycles. The summed E-state index contributed by atoms with van der Waals surface area (Å²) in [6.07, 6.45) is 0. The van der Waals surface area contributed by atoms with Gasteiger partial charge in [-0.3, -0.25) is 0 Å². The lowest BCUT2D eigenvalue weighted by Gasteiger charge is -2.04. The second-order valence-electron chi connectivity index (χ2n) is 6.54. The summed E-state index contributed by atoms with van der Waals surface area (Å²) in [7, 11) is 1.73. The van der Waals surface area contributed by atoms with Gasteiger partial charge in [-0.1, -0.05) is 12.1 Å². The summed E-state index contributed by atoms with van der Waals surface area (Å²) in [6, 6.07) is 8.36. The Hall–Kier alpha value is -2.93. The van der Waals surface area contributed by atoms with E-state index in [1.165, 1.54) is 29.5 Å². The zero-order valence-corrected chi connectivity index (χ0v) is 16.2. The molecule has 2 aromatic heterocycles. The molecule has 0 fully saturated rings. The van der Waals surface area contributed by atoms with Crippen molar-refractivity contribution >= 4 is 11.3 Å². The number of hydrogen-bond donors (Lipinski definition) is 0. The molecular formula is C21H16F3N3S. The first kappa shape index (κ1) is 18.4. The van der Waals surface area contributed by atoms with Crippen molar-refractivity contribution in [3.63, 3.8) is 0 Å². The molecule has 142 valence electrons. The summed E-state index contributed by atoms with van der Waals surface area (Å²) >= 11 is 1.35. The Labute approximate surface area is 164 Å². The second kappa shape index (κ2) is 6.91. The number of hydrogen-bond acceptors (Lipinski definition) is 3. The van der Waals surface area contributed by atoms with Crippen LogP contribution in [0.3, 0.4) is 0 Å². The van der Waals surface area contributed by atoms with Crippen molar-refractivity contribution in [3.8, 4) is 33.2 Å². The van der Waals surface area contributed by atoms with Gasteiger partial charge in [-0.25, -0.2) is 22.8 Å². The summed E-state index contributed by atoms with van der Waals surface area (Å²) in [5.41, 5.74) is 3.03. The largest absolute Gasteiger partial charge is 0.248 e. The van der Waals surface area contributed by atoms with Crippen molar-refractivity contribution in [2.75, 3.05) is 0 Å². The normalized spacial score (nSPS) is 11.2. The first-order valence-corrected chi connectivity index (χ1v) is 9.45. The van der Waals surface area contributed by atoms with Crippen molar-refractivity contribution in [2.24, 2.45) is 7.05 Å². The van der Waals surface area contributed by atoms with Gasteiger partial charge < -0.3 is 0 Å². The molecule has 0 aliphatic rings. The van der Waals surface area contributed by atoms with Crippen molar-refractivity contribution in [2.45, 2.75) is 13.8 Å². The molecule has 28 heavy (non-hydrogen) atoms. The van der Waals surface area contributed by atoms with E-state index in [2.05, 4.69) is 10.1 Å². The highest BCUT2D eigenvalue weighted by molar-refractivity contribution is 7.14. The van der Waals surface area contributed by atoms with Crippen LogP contribution in [-0.2, 0) is 7.05 Å². The topological polar surface area (TPSA) is 30.7 Å². The predicted molar refractivity (Wildman–Crippen MR) is 105 cm³/mol. The van der Waals surface area contributed by atoms with Gasteiger partial charge in [0.2, 0.25) is 0 Å². The predicted octanol–water partition coefficient (Wildman–Crippen LogP) is 5.91. The van der Waals surface area contributed by atoms with Crippen LogP contribution in [0.15, 0.2) is 41.8 Å². The van der Waals surface area contributed by atoms with Crippen LogP contribution in [0, 0.1) is 31.3 Å². The molecule has 0 radical (unpaired) electrons. The number of aryl methyl sites for hydroxylation is 2. The third-order valence-corrected chi connectivity index (χ3v) is 5.78. The molecule has 0 unspecified atom stereocenters. The number of thiophene rings is 1. The summed E-state index contributed by atoms with van der Waals surface area (Å²) < 4.78 is 43.3. The van der Waals surface area contributed by atoms with E-state index in [9.17, 15) is 13.2 Å². The summed E-state index contributed by atoms with van der Waals surface area (Å²) in [4.78, 5) is 5.23. The van der Waals surface area contributed by atoms with E-state index < -0.39 is 11.6 Å². The minimum absolute atomic E-state index is 0.299. The number of halogens is 3. The van der Waals surface area contributed by atoms with Crippen molar-refractivity contribution in [1.82, 2.24) is 14.8 Å². The average Bonchev–Trinajstić information content (AvgIpc) is 3.18. The van der Waals surface area contributed by atoms with Crippen LogP contribution in [0.25, 0.3) is 33.2 Å².